The fraction of sp³-hybridized carbons (Fsp3) is 0.350. The molecule has 1 fully saturated rings. The van der Waals surface area contributed by atoms with E-state index in [1.807, 2.05) is 42.5 Å². The van der Waals surface area contributed by atoms with Crippen LogP contribution in [0.15, 0.2) is 48.5 Å². The summed E-state index contributed by atoms with van der Waals surface area (Å²) in [5.41, 5.74) is 1.45. The fourth-order valence-electron chi connectivity index (χ4n) is 2.86. The number of rotatable bonds is 7. The molecular weight excluding hydrogens is 318 g/mol. The number of ether oxygens (including phenoxy) is 3. The Morgan fingerprint density at radius 3 is 2.68 bits per heavy atom. The summed E-state index contributed by atoms with van der Waals surface area (Å²) in [7, 11) is 1.62. The van der Waals surface area contributed by atoms with Gasteiger partial charge < -0.3 is 19.5 Å². The number of carbonyl (C=O) groups excluding carboxylic acids is 1. The van der Waals surface area contributed by atoms with Crippen LogP contribution < -0.4 is 14.8 Å². The standard InChI is InChI=1S/C20H23NO4/c1-23-18-10-4-2-7-15(18)13-21-20(22)17-9-3-5-11-19(17)25-14-16-8-6-12-24-16/h2-5,7,9-11,16H,6,8,12-14H2,1H3,(H,21,22). The lowest BCUT2D eigenvalue weighted by atomic mass is 10.1. The van der Waals surface area contributed by atoms with Gasteiger partial charge in [-0.25, -0.2) is 0 Å². The van der Waals surface area contributed by atoms with Gasteiger partial charge in [0.05, 0.1) is 18.8 Å². The van der Waals surface area contributed by atoms with Crippen LogP contribution in [0.3, 0.4) is 0 Å². The molecule has 0 bridgehead atoms. The van der Waals surface area contributed by atoms with Crippen molar-refractivity contribution >= 4 is 5.91 Å². The van der Waals surface area contributed by atoms with Crippen molar-refractivity contribution in [1.29, 1.82) is 0 Å². The van der Waals surface area contributed by atoms with Crippen LogP contribution in [-0.2, 0) is 11.3 Å². The molecule has 1 aliphatic rings. The van der Waals surface area contributed by atoms with Gasteiger partial charge in [-0.05, 0) is 31.0 Å². The fourth-order valence-corrected chi connectivity index (χ4v) is 2.86. The van der Waals surface area contributed by atoms with Gasteiger partial charge in [-0.15, -0.1) is 0 Å². The number of methoxy groups -OCH3 is 1. The van der Waals surface area contributed by atoms with E-state index in [0.29, 0.717) is 24.5 Å². The van der Waals surface area contributed by atoms with Crippen LogP contribution in [0.1, 0.15) is 28.8 Å². The Bertz CT molecular complexity index is 710. The zero-order valence-corrected chi connectivity index (χ0v) is 14.4. The van der Waals surface area contributed by atoms with Crippen LogP contribution in [-0.4, -0.2) is 32.3 Å². The molecule has 1 amide bonds. The third kappa shape index (κ3) is 4.51. The van der Waals surface area contributed by atoms with E-state index < -0.39 is 0 Å². The first kappa shape index (κ1) is 17.3. The van der Waals surface area contributed by atoms with Crippen LogP contribution in [0.4, 0.5) is 0 Å². The van der Waals surface area contributed by atoms with Crippen molar-refractivity contribution in [3.63, 3.8) is 0 Å². The molecule has 0 aliphatic carbocycles. The second kappa shape index (κ2) is 8.53. The van der Waals surface area contributed by atoms with Crippen LogP contribution in [0.2, 0.25) is 0 Å². The van der Waals surface area contributed by atoms with Crippen LogP contribution in [0.25, 0.3) is 0 Å². The zero-order chi connectivity index (χ0) is 17.5. The average Bonchev–Trinajstić information content (AvgIpc) is 3.18. The number of carbonyl (C=O) groups is 1. The summed E-state index contributed by atoms with van der Waals surface area (Å²) in [6, 6.07) is 14.9. The molecule has 1 saturated heterocycles. The van der Waals surface area contributed by atoms with E-state index in [2.05, 4.69) is 5.32 Å². The number of para-hydroxylation sites is 2. The van der Waals surface area contributed by atoms with Gasteiger partial charge in [-0.3, -0.25) is 4.79 Å². The molecule has 2 aromatic rings. The quantitative estimate of drug-likeness (QED) is 0.840. The van der Waals surface area contributed by atoms with E-state index in [4.69, 9.17) is 14.2 Å². The molecule has 3 rings (SSSR count). The maximum atomic E-state index is 12.6. The number of hydrogen-bond donors (Lipinski definition) is 1. The summed E-state index contributed by atoms with van der Waals surface area (Å²) in [5, 5.41) is 2.93. The van der Waals surface area contributed by atoms with Crippen molar-refractivity contribution in [1.82, 2.24) is 5.32 Å². The molecule has 1 aliphatic heterocycles. The Balaban J connectivity index is 1.63. The molecule has 2 aromatic carbocycles. The Labute approximate surface area is 147 Å². The Morgan fingerprint density at radius 1 is 1.16 bits per heavy atom. The van der Waals surface area contributed by atoms with Gasteiger partial charge in [-0.1, -0.05) is 30.3 Å². The molecule has 5 heteroatoms. The first-order valence-electron chi connectivity index (χ1n) is 8.51. The third-order valence-corrected chi connectivity index (χ3v) is 4.21. The Morgan fingerprint density at radius 2 is 1.92 bits per heavy atom. The predicted molar refractivity (Wildman–Crippen MR) is 95.1 cm³/mol. The molecule has 1 heterocycles. The predicted octanol–water partition coefficient (Wildman–Crippen LogP) is 3.18. The minimum Gasteiger partial charge on any atom is -0.496 e. The molecule has 1 unspecified atom stereocenters. The lowest BCUT2D eigenvalue weighted by Crippen LogP contribution is -2.24. The van der Waals surface area contributed by atoms with Gasteiger partial charge in [0, 0.05) is 18.7 Å². The normalized spacial score (nSPS) is 16.4. The van der Waals surface area contributed by atoms with Crippen LogP contribution in [0, 0.1) is 0 Å². The second-order valence-electron chi connectivity index (χ2n) is 5.94. The van der Waals surface area contributed by atoms with Crippen molar-refractivity contribution in [3.8, 4) is 11.5 Å². The van der Waals surface area contributed by atoms with Crippen molar-refractivity contribution in [2.75, 3.05) is 20.3 Å². The van der Waals surface area contributed by atoms with E-state index in [9.17, 15) is 4.79 Å². The second-order valence-corrected chi connectivity index (χ2v) is 5.94. The molecule has 132 valence electrons. The monoisotopic (exact) mass is 341 g/mol. The molecule has 0 radical (unpaired) electrons. The first-order valence-corrected chi connectivity index (χ1v) is 8.51. The van der Waals surface area contributed by atoms with E-state index in [1.54, 1.807) is 13.2 Å². The topological polar surface area (TPSA) is 56.8 Å². The number of benzene rings is 2. The summed E-state index contributed by atoms with van der Waals surface area (Å²) in [4.78, 5) is 12.6. The van der Waals surface area contributed by atoms with Crippen molar-refractivity contribution in [2.24, 2.45) is 0 Å². The van der Waals surface area contributed by atoms with Gasteiger partial charge in [0.25, 0.3) is 5.91 Å². The molecule has 25 heavy (non-hydrogen) atoms. The number of hydrogen-bond acceptors (Lipinski definition) is 4. The Kier molecular flexibility index (Phi) is 5.90. The summed E-state index contributed by atoms with van der Waals surface area (Å²) in [5.74, 6) is 1.16. The third-order valence-electron chi connectivity index (χ3n) is 4.21. The van der Waals surface area contributed by atoms with Crippen LogP contribution in [0.5, 0.6) is 11.5 Å². The van der Waals surface area contributed by atoms with E-state index >= 15 is 0 Å². The molecule has 5 nitrogen and oxygen atoms in total. The summed E-state index contributed by atoms with van der Waals surface area (Å²) in [6.07, 6.45) is 2.18. The highest BCUT2D eigenvalue weighted by Crippen LogP contribution is 2.21. The average molecular weight is 341 g/mol. The van der Waals surface area contributed by atoms with Crippen molar-refractivity contribution in [2.45, 2.75) is 25.5 Å². The molecule has 0 saturated carbocycles. The highest BCUT2D eigenvalue weighted by atomic mass is 16.5. The van der Waals surface area contributed by atoms with Gasteiger partial charge in [0.1, 0.15) is 18.1 Å². The highest BCUT2D eigenvalue weighted by Gasteiger charge is 2.18. The minimum absolute atomic E-state index is 0.115. The summed E-state index contributed by atoms with van der Waals surface area (Å²) in [6.45, 7) is 1.65. The van der Waals surface area contributed by atoms with E-state index in [-0.39, 0.29) is 12.0 Å². The maximum Gasteiger partial charge on any atom is 0.255 e. The first-order chi connectivity index (χ1) is 12.3. The molecule has 1 atom stereocenters. The molecule has 0 aromatic heterocycles. The highest BCUT2D eigenvalue weighted by molar-refractivity contribution is 5.96. The number of nitrogens with one attached hydrogen (secondary N) is 1. The largest absolute Gasteiger partial charge is 0.496 e. The maximum absolute atomic E-state index is 12.6. The van der Waals surface area contributed by atoms with Gasteiger partial charge in [-0.2, -0.15) is 0 Å². The molecular formula is C20H23NO4. The summed E-state index contributed by atoms with van der Waals surface area (Å²) < 4.78 is 16.7. The zero-order valence-electron chi connectivity index (χ0n) is 14.4. The number of amides is 1. The smallest absolute Gasteiger partial charge is 0.255 e. The van der Waals surface area contributed by atoms with Crippen molar-refractivity contribution in [3.05, 3.63) is 59.7 Å². The lowest BCUT2D eigenvalue weighted by Gasteiger charge is -2.15. The van der Waals surface area contributed by atoms with Gasteiger partial charge in [0.15, 0.2) is 0 Å². The molecule has 1 N–H and O–H groups in total. The SMILES string of the molecule is COc1ccccc1CNC(=O)c1ccccc1OCC1CCCO1. The van der Waals surface area contributed by atoms with Gasteiger partial charge >= 0.3 is 0 Å². The van der Waals surface area contributed by atoms with Gasteiger partial charge in [0.2, 0.25) is 0 Å². The molecule has 0 spiro atoms. The van der Waals surface area contributed by atoms with Crippen molar-refractivity contribution < 1.29 is 19.0 Å². The van der Waals surface area contributed by atoms with E-state index in [0.717, 1.165) is 30.8 Å². The summed E-state index contributed by atoms with van der Waals surface area (Å²) >= 11 is 0. The van der Waals surface area contributed by atoms with Crippen LogP contribution >= 0.6 is 0 Å². The minimum atomic E-state index is -0.172. The Hall–Kier alpha value is -2.53. The lowest BCUT2D eigenvalue weighted by molar-refractivity contribution is 0.0670. The van der Waals surface area contributed by atoms with E-state index in [1.165, 1.54) is 0 Å².